The number of aromatic nitrogens is 2. The summed E-state index contributed by atoms with van der Waals surface area (Å²) in [5.41, 5.74) is 0. The van der Waals surface area contributed by atoms with Crippen LogP contribution in [-0.4, -0.2) is 27.8 Å². The van der Waals surface area contributed by atoms with E-state index in [9.17, 15) is 0 Å². The predicted molar refractivity (Wildman–Crippen MR) is 51.1 cm³/mol. The summed E-state index contributed by atoms with van der Waals surface area (Å²) in [4.78, 5) is 6.50. The quantitative estimate of drug-likeness (QED) is 0.651. The number of anilines is 1. The Hall–Kier alpha value is -0.350. The molecule has 66 valence electrons. The Bertz CT molecular complexity index is 275. The van der Waals surface area contributed by atoms with Gasteiger partial charge >= 0.3 is 0 Å². The van der Waals surface area contributed by atoms with Gasteiger partial charge in [-0.15, -0.1) is 11.6 Å². The molecule has 1 unspecified atom stereocenters. The Morgan fingerprint density at radius 2 is 2.50 bits per heavy atom. The number of hydrogen-bond donors (Lipinski definition) is 0. The van der Waals surface area contributed by atoms with Gasteiger partial charge in [0.2, 0.25) is 5.13 Å². The molecule has 1 aromatic rings. The van der Waals surface area contributed by atoms with Crippen molar-refractivity contribution in [2.75, 3.05) is 18.0 Å². The van der Waals surface area contributed by atoms with E-state index in [1.165, 1.54) is 11.5 Å². The highest BCUT2D eigenvalue weighted by molar-refractivity contribution is 7.09. The number of hydrogen-bond acceptors (Lipinski definition) is 4. The average Bonchev–Trinajstić information content (AvgIpc) is 2.58. The largest absolute Gasteiger partial charge is 0.345 e. The van der Waals surface area contributed by atoms with Crippen molar-refractivity contribution in [3.63, 3.8) is 0 Å². The summed E-state index contributed by atoms with van der Waals surface area (Å²) in [6.07, 6.45) is 1.06. The molecule has 0 saturated carbocycles. The normalized spacial score (nSPS) is 23.5. The number of halogens is 1. The smallest absolute Gasteiger partial charge is 0.205 e. The molecule has 1 fully saturated rings. The number of nitrogens with zero attached hydrogens (tertiary/aromatic N) is 3. The van der Waals surface area contributed by atoms with Gasteiger partial charge in [0.25, 0.3) is 0 Å². The highest BCUT2D eigenvalue weighted by Crippen LogP contribution is 2.23. The van der Waals surface area contributed by atoms with Crippen LogP contribution in [0.15, 0.2) is 0 Å². The monoisotopic (exact) mass is 203 g/mol. The number of alkyl halides is 1. The second kappa shape index (κ2) is 3.18. The molecule has 0 amide bonds. The first-order valence-corrected chi connectivity index (χ1v) is 5.16. The van der Waals surface area contributed by atoms with Crippen LogP contribution in [-0.2, 0) is 0 Å². The molecule has 1 atom stereocenters. The Kier molecular flexibility index (Phi) is 2.19. The topological polar surface area (TPSA) is 29.0 Å². The molecule has 3 nitrogen and oxygen atoms in total. The third-order valence-corrected chi connectivity index (χ3v) is 3.14. The first kappa shape index (κ1) is 8.26. The van der Waals surface area contributed by atoms with E-state index in [0.717, 1.165) is 30.5 Å². The fourth-order valence-electron chi connectivity index (χ4n) is 1.31. The van der Waals surface area contributed by atoms with E-state index in [-0.39, 0.29) is 5.38 Å². The third kappa shape index (κ3) is 1.54. The van der Waals surface area contributed by atoms with E-state index in [4.69, 9.17) is 11.6 Å². The van der Waals surface area contributed by atoms with Gasteiger partial charge in [0.1, 0.15) is 5.82 Å². The minimum atomic E-state index is 0.286. The summed E-state index contributed by atoms with van der Waals surface area (Å²) in [5, 5.41) is 1.30. The first-order chi connectivity index (χ1) is 5.75. The molecule has 1 saturated heterocycles. The maximum Gasteiger partial charge on any atom is 0.205 e. The molecule has 2 heterocycles. The third-order valence-electron chi connectivity index (χ3n) is 1.92. The van der Waals surface area contributed by atoms with E-state index < -0.39 is 0 Å². The number of aryl methyl sites for hydroxylation is 1. The number of rotatable bonds is 1. The summed E-state index contributed by atoms with van der Waals surface area (Å²) in [7, 11) is 0. The molecule has 1 aliphatic rings. The van der Waals surface area contributed by atoms with Crippen molar-refractivity contribution >= 4 is 28.3 Å². The Morgan fingerprint density at radius 3 is 3.00 bits per heavy atom. The Morgan fingerprint density at radius 1 is 1.67 bits per heavy atom. The summed E-state index contributed by atoms with van der Waals surface area (Å²) in [5.74, 6) is 0.855. The molecule has 0 aromatic carbocycles. The standard InChI is InChI=1S/C7H10ClN3S/c1-5-9-7(12-10-5)11-3-2-6(8)4-11/h6H,2-4H2,1H3. The highest BCUT2D eigenvalue weighted by atomic mass is 35.5. The van der Waals surface area contributed by atoms with E-state index >= 15 is 0 Å². The van der Waals surface area contributed by atoms with Crippen molar-refractivity contribution in [1.82, 2.24) is 9.36 Å². The van der Waals surface area contributed by atoms with Crippen LogP contribution in [0.2, 0.25) is 0 Å². The van der Waals surface area contributed by atoms with Crippen molar-refractivity contribution in [2.45, 2.75) is 18.7 Å². The molecule has 0 bridgehead atoms. The van der Waals surface area contributed by atoms with Gasteiger partial charge in [-0.1, -0.05) is 0 Å². The molecule has 1 aliphatic heterocycles. The molecule has 0 radical (unpaired) electrons. The summed E-state index contributed by atoms with van der Waals surface area (Å²) < 4.78 is 4.13. The maximum atomic E-state index is 5.98. The van der Waals surface area contributed by atoms with Gasteiger partial charge in [-0.2, -0.15) is 4.37 Å². The van der Waals surface area contributed by atoms with Crippen LogP contribution >= 0.6 is 23.1 Å². The Labute approximate surface area is 80.5 Å². The van der Waals surface area contributed by atoms with Crippen LogP contribution in [0, 0.1) is 6.92 Å². The molecule has 1 aromatic heterocycles. The van der Waals surface area contributed by atoms with Gasteiger partial charge in [-0.05, 0) is 13.3 Å². The lowest BCUT2D eigenvalue weighted by Gasteiger charge is -2.11. The second-order valence-electron chi connectivity index (χ2n) is 2.96. The van der Waals surface area contributed by atoms with Crippen LogP contribution in [0.25, 0.3) is 0 Å². The fraction of sp³-hybridized carbons (Fsp3) is 0.714. The van der Waals surface area contributed by atoms with E-state index in [1.54, 1.807) is 0 Å². The van der Waals surface area contributed by atoms with Crippen molar-refractivity contribution < 1.29 is 0 Å². The first-order valence-electron chi connectivity index (χ1n) is 3.95. The zero-order chi connectivity index (χ0) is 8.55. The second-order valence-corrected chi connectivity index (χ2v) is 4.30. The molecule has 0 N–H and O–H groups in total. The van der Waals surface area contributed by atoms with Crippen molar-refractivity contribution in [3.05, 3.63) is 5.82 Å². The van der Waals surface area contributed by atoms with Gasteiger partial charge in [-0.3, -0.25) is 0 Å². The van der Waals surface area contributed by atoms with Gasteiger partial charge in [0.05, 0.1) is 5.38 Å². The maximum absolute atomic E-state index is 5.98. The van der Waals surface area contributed by atoms with Crippen LogP contribution < -0.4 is 4.90 Å². The zero-order valence-electron chi connectivity index (χ0n) is 6.83. The lowest BCUT2D eigenvalue weighted by molar-refractivity contribution is 0.950. The summed E-state index contributed by atoms with van der Waals surface area (Å²) in [6, 6.07) is 0. The SMILES string of the molecule is Cc1nsc(N2CCC(Cl)C2)n1. The van der Waals surface area contributed by atoms with Gasteiger partial charge in [-0.25, -0.2) is 4.98 Å². The fourth-order valence-corrected chi connectivity index (χ4v) is 2.28. The molecule has 0 spiro atoms. The highest BCUT2D eigenvalue weighted by Gasteiger charge is 2.22. The molecule has 2 rings (SSSR count). The molecular weight excluding hydrogens is 194 g/mol. The zero-order valence-corrected chi connectivity index (χ0v) is 8.40. The van der Waals surface area contributed by atoms with Crippen molar-refractivity contribution in [1.29, 1.82) is 0 Å². The lowest BCUT2D eigenvalue weighted by Crippen LogP contribution is -2.19. The summed E-state index contributed by atoms with van der Waals surface area (Å²) >= 11 is 7.43. The minimum absolute atomic E-state index is 0.286. The summed E-state index contributed by atoms with van der Waals surface area (Å²) in [6.45, 7) is 3.84. The lowest BCUT2D eigenvalue weighted by atomic mass is 10.4. The van der Waals surface area contributed by atoms with Crippen LogP contribution in [0.4, 0.5) is 5.13 Å². The van der Waals surface area contributed by atoms with E-state index in [1.807, 2.05) is 6.92 Å². The molecule has 12 heavy (non-hydrogen) atoms. The molecule has 0 aliphatic carbocycles. The average molecular weight is 204 g/mol. The van der Waals surface area contributed by atoms with E-state index in [0.29, 0.717) is 0 Å². The van der Waals surface area contributed by atoms with Crippen LogP contribution in [0.1, 0.15) is 12.2 Å². The van der Waals surface area contributed by atoms with E-state index in [2.05, 4.69) is 14.3 Å². The molecular formula is C7H10ClN3S. The van der Waals surface area contributed by atoms with Gasteiger partial charge in [0, 0.05) is 24.6 Å². The predicted octanol–water partition coefficient (Wildman–Crippen LogP) is 1.66. The van der Waals surface area contributed by atoms with Crippen molar-refractivity contribution in [3.8, 4) is 0 Å². The van der Waals surface area contributed by atoms with Gasteiger partial charge in [0.15, 0.2) is 0 Å². The minimum Gasteiger partial charge on any atom is -0.345 e. The Balaban J connectivity index is 2.11. The molecule has 5 heteroatoms. The van der Waals surface area contributed by atoms with Crippen LogP contribution in [0.5, 0.6) is 0 Å². The van der Waals surface area contributed by atoms with Gasteiger partial charge < -0.3 is 4.90 Å². The van der Waals surface area contributed by atoms with Crippen molar-refractivity contribution in [2.24, 2.45) is 0 Å². The van der Waals surface area contributed by atoms with Crippen LogP contribution in [0.3, 0.4) is 0 Å².